The molecule has 0 bridgehead atoms. The van der Waals surface area contributed by atoms with Gasteiger partial charge in [-0.25, -0.2) is 5.43 Å². The number of amides is 1. The molecule has 1 aliphatic rings. The minimum absolute atomic E-state index is 0.160. The van der Waals surface area contributed by atoms with Crippen LogP contribution < -0.4 is 19.6 Å². The minimum atomic E-state index is -0.357. The molecule has 0 aromatic heterocycles. The zero-order valence-corrected chi connectivity index (χ0v) is 13.7. The SMILES string of the molecule is CCOc1ccc(Cl)cc1/C=N\NC(=O)c1ccc2c(c1)OCO2. The van der Waals surface area contributed by atoms with Crippen LogP contribution in [0.1, 0.15) is 22.8 Å². The van der Waals surface area contributed by atoms with E-state index in [1.54, 1.807) is 36.4 Å². The molecular weight excluding hydrogens is 332 g/mol. The van der Waals surface area contributed by atoms with Crippen molar-refractivity contribution >= 4 is 23.7 Å². The number of benzene rings is 2. The summed E-state index contributed by atoms with van der Waals surface area (Å²) in [6, 6.07) is 10.1. The zero-order chi connectivity index (χ0) is 16.9. The van der Waals surface area contributed by atoms with Gasteiger partial charge in [-0.15, -0.1) is 0 Å². The highest BCUT2D eigenvalue weighted by atomic mass is 35.5. The minimum Gasteiger partial charge on any atom is -0.493 e. The summed E-state index contributed by atoms with van der Waals surface area (Å²) in [4.78, 5) is 12.1. The molecule has 0 fully saturated rings. The highest BCUT2D eigenvalue weighted by Gasteiger charge is 2.15. The number of nitrogens with one attached hydrogen (secondary N) is 1. The molecule has 0 saturated carbocycles. The van der Waals surface area contributed by atoms with Crippen molar-refractivity contribution in [1.82, 2.24) is 5.43 Å². The van der Waals surface area contributed by atoms with Gasteiger partial charge in [0.1, 0.15) is 5.75 Å². The summed E-state index contributed by atoms with van der Waals surface area (Å²) < 4.78 is 15.9. The number of carbonyl (C=O) groups is 1. The third-order valence-electron chi connectivity index (χ3n) is 3.28. The predicted octanol–water partition coefficient (Wildman–Crippen LogP) is 3.23. The summed E-state index contributed by atoms with van der Waals surface area (Å²) >= 11 is 5.98. The maximum absolute atomic E-state index is 12.1. The lowest BCUT2D eigenvalue weighted by atomic mass is 10.2. The molecular formula is C17H15ClN2O4. The van der Waals surface area contributed by atoms with Crippen molar-refractivity contribution in [2.24, 2.45) is 5.10 Å². The lowest BCUT2D eigenvalue weighted by Gasteiger charge is -2.07. The molecule has 0 radical (unpaired) electrons. The number of halogens is 1. The van der Waals surface area contributed by atoms with Gasteiger partial charge in [0.05, 0.1) is 12.8 Å². The second kappa shape index (κ2) is 7.23. The summed E-state index contributed by atoms with van der Waals surface area (Å²) in [6.07, 6.45) is 1.49. The Kier molecular flexibility index (Phi) is 4.86. The molecule has 2 aromatic carbocycles. The Labute approximate surface area is 144 Å². The van der Waals surface area contributed by atoms with Gasteiger partial charge < -0.3 is 14.2 Å². The molecule has 24 heavy (non-hydrogen) atoms. The van der Waals surface area contributed by atoms with Crippen LogP contribution in [0.15, 0.2) is 41.5 Å². The standard InChI is InChI=1S/C17H15ClN2O4/c1-2-22-14-6-4-13(18)7-12(14)9-19-20-17(21)11-3-5-15-16(8-11)24-10-23-15/h3-9H,2,10H2,1H3,(H,20,21)/b19-9-. The maximum atomic E-state index is 12.1. The average molecular weight is 347 g/mol. The molecule has 1 amide bonds. The van der Waals surface area contributed by atoms with Gasteiger partial charge in [0.25, 0.3) is 5.91 Å². The summed E-state index contributed by atoms with van der Waals surface area (Å²) in [7, 11) is 0. The first-order valence-corrected chi connectivity index (χ1v) is 7.70. The van der Waals surface area contributed by atoms with Crippen LogP contribution in [0.4, 0.5) is 0 Å². The van der Waals surface area contributed by atoms with E-state index in [1.807, 2.05) is 6.92 Å². The first-order chi connectivity index (χ1) is 11.7. The topological polar surface area (TPSA) is 69.2 Å². The van der Waals surface area contributed by atoms with Gasteiger partial charge >= 0.3 is 0 Å². The van der Waals surface area contributed by atoms with Gasteiger partial charge in [0.15, 0.2) is 11.5 Å². The van der Waals surface area contributed by atoms with Crippen molar-refractivity contribution in [2.45, 2.75) is 6.92 Å². The van der Waals surface area contributed by atoms with Crippen molar-refractivity contribution < 1.29 is 19.0 Å². The van der Waals surface area contributed by atoms with Crippen molar-refractivity contribution in [2.75, 3.05) is 13.4 Å². The van der Waals surface area contributed by atoms with E-state index in [0.29, 0.717) is 40.0 Å². The van der Waals surface area contributed by atoms with Gasteiger partial charge in [-0.3, -0.25) is 4.79 Å². The summed E-state index contributed by atoms with van der Waals surface area (Å²) in [6.45, 7) is 2.57. The van der Waals surface area contributed by atoms with E-state index in [2.05, 4.69) is 10.5 Å². The Morgan fingerprint density at radius 3 is 2.96 bits per heavy atom. The molecule has 1 N–H and O–H groups in total. The Morgan fingerprint density at radius 1 is 1.29 bits per heavy atom. The molecule has 124 valence electrons. The molecule has 2 aromatic rings. The van der Waals surface area contributed by atoms with Gasteiger partial charge in [-0.2, -0.15) is 5.10 Å². The van der Waals surface area contributed by atoms with E-state index in [-0.39, 0.29) is 12.7 Å². The fraction of sp³-hybridized carbons (Fsp3) is 0.176. The van der Waals surface area contributed by atoms with E-state index in [1.165, 1.54) is 6.21 Å². The highest BCUT2D eigenvalue weighted by Crippen LogP contribution is 2.32. The second-order valence-corrected chi connectivity index (χ2v) is 5.32. The van der Waals surface area contributed by atoms with Crippen LogP contribution in [0.25, 0.3) is 0 Å². The molecule has 0 aliphatic carbocycles. The second-order valence-electron chi connectivity index (χ2n) is 4.88. The van der Waals surface area contributed by atoms with Crippen LogP contribution in [0, 0.1) is 0 Å². The van der Waals surface area contributed by atoms with E-state index in [9.17, 15) is 4.79 Å². The van der Waals surface area contributed by atoms with Crippen LogP contribution in [0.2, 0.25) is 5.02 Å². The molecule has 6 nitrogen and oxygen atoms in total. The van der Waals surface area contributed by atoms with Crippen molar-refractivity contribution in [3.8, 4) is 17.2 Å². The van der Waals surface area contributed by atoms with E-state index < -0.39 is 0 Å². The Morgan fingerprint density at radius 2 is 2.12 bits per heavy atom. The number of fused-ring (bicyclic) bond motifs is 1. The Hall–Kier alpha value is -2.73. The highest BCUT2D eigenvalue weighted by molar-refractivity contribution is 6.30. The van der Waals surface area contributed by atoms with Crippen molar-refractivity contribution in [1.29, 1.82) is 0 Å². The number of nitrogens with zero attached hydrogens (tertiary/aromatic N) is 1. The van der Waals surface area contributed by atoms with E-state index in [0.717, 1.165) is 0 Å². The molecule has 1 heterocycles. The monoisotopic (exact) mass is 346 g/mol. The smallest absolute Gasteiger partial charge is 0.271 e. The maximum Gasteiger partial charge on any atom is 0.271 e. The fourth-order valence-corrected chi connectivity index (χ4v) is 2.35. The predicted molar refractivity (Wildman–Crippen MR) is 90.2 cm³/mol. The third kappa shape index (κ3) is 3.60. The van der Waals surface area contributed by atoms with Gasteiger partial charge in [-0.1, -0.05) is 11.6 Å². The molecule has 0 atom stereocenters. The van der Waals surface area contributed by atoms with Gasteiger partial charge in [0.2, 0.25) is 6.79 Å². The fourth-order valence-electron chi connectivity index (χ4n) is 2.17. The number of hydrogen-bond donors (Lipinski definition) is 1. The van der Waals surface area contributed by atoms with E-state index in [4.69, 9.17) is 25.8 Å². The third-order valence-corrected chi connectivity index (χ3v) is 3.51. The van der Waals surface area contributed by atoms with Crippen LogP contribution in [-0.2, 0) is 0 Å². The average Bonchev–Trinajstić information content (AvgIpc) is 3.05. The number of hydrogen-bond acceptors (Lipinski definition) is 5. The first-order valence-electron chi connectivity index (χ1n) is 7.33. The van der Waals surface area contributed by atoms with Crippen LogP contribution >= 0.6 is 11.6 Å². The summed E-state index contributed by atoms with van der Waals surface area (Å²) in [5.41, 5.74) is 3.56. The van der Waals surface area contributed by atoms with Crippen molar-refractivity contribution in [3.63, 3.8) is 0 Å². The summed E-state index contributed by atoms with van der Waals surface area (Å²) in [5.74, 6) is 1.45. The number of rotatable bonds is 5. The lowest BCUT2D eigenvalue weighted by Crippen LogP contribution is -2.17. The summed E-state index contributed by atoms with van der Waals surface area (Å²) in [5, 5.41) is 4.52. The quantitative estimate of drug-likeness (QED) is 0.666. The van der Waals surface area contributed by atoms with E-state index >= 15 is 0 Å². The molecule has 7 heteroatoms. The zero-order valence-electron chi connectivity index (χ0n) is 12.9. The molecule has 0 spiro atoms. The molecule has 0 unspecified atom stereocenters. The van der Waals surface area contributed by atoms with Crippen LogP contribution in [0.3, 0.4) is 0 Å². The Bertz CT molecular complexity index is 792. The number of carbonyl (C=O) groups excluding carboxylic acids is 1. The van der Waals surface area contributed by atoms with Crippen LogP contribution in [0.5, 0.6) is 17.2 Å². The largest absolute Gasteiger partial charge is 0.493 e. The molecule has 3 rings (SSSR count). The van der Waals surface area contributed by atoms with Crippen molar-refractivity contribution in [3.05, 3.63) is 52.5 Å². The van der Waals surface area contributed by atoms with Crippen LogP contribution in [-0.4, -0.2) is 25.5 Å². The normalized spacial score (nSPS) is 12.4. The number of ether oxygens (including phenoxy) is 3. The van der Waals surface area contributed by atoms with Gasteiger partial charge in [-0.05, 0) is 43.3 Å². The molecule has 0 saturated heterocycles. The Balaban J connectivity index is 1.70. The number of hydrazone groups is 1. The van der Waals surface area contributed by atoms with Gasteiger partial charge in [0, 0.05) is 16.1 Å². The first kappa shape index (κ1) is 16.1. The lowest BCUT2D eigenvalue weighted by molar-refractivity contribution is 0.0954. The molecule has 1 aliphatic heterocycles.